The van der Waals surface area contributed by atoms with Crippen LogP contribution in [0.25, 0.3) is 0 Å². The summed E-state index contributed by atoms with van der Waals surface area (Å²) in [6, 6.07) is 5.79. The maximum Gasteiger partial charge on any atom is 0.229 e. The summed E-state index contributed by atoms with van der Waals surface area (Å²) in [6.07, 6.45) is 4.72. The molecule has 0 radical (unpaired) electrons. The highest BCUT2D eigenvalue weighted by Gasteiger charge is 2.23. The van der Waals surface area contributed by atoms with Crippen LogP contribution in [0.15, 0.2) is 18.2 Å². The number of hydrogen-bond donors (Lipinski definition) is 2. The summed E-state index contributed by atoms with van der Waals surface area (Å²) in [7, 11) is -3.31. The number of nitrogens with one attached hydrogen (secondary N) is 2. The summed E-state index contributed by atoms with van der Waals surface area (Å²) < 4.78 is 24.9. The Labute approximate surface area is 132 Å². The van der Waals surface area contributed by atoms with Gasteiger partial charge in [-0.3, -0.25) is 4.72 Å². The Hall–Kier alpha value is -0.940. The first-order valence-corrected chi connectivity index (χ1v) is 9.53. The van der Waals surface area contributed by atoms with Crippen LogP contribution in [0, 0.1) is 11.8 Å². The molecule has 2 atom stereocenters. The lowest BCUT2D eigenvalue weighted by atomic mass is 9.80. The summed E-state index contributed by atoms with van der Waals surface area (Å²) >= 11 is 6.14. The zero-order chi connectivity index (χ0) is 15.6. The van der Waals surface area contributed by atoms with Gasteiger partial charge in [0.05, 0.1) is 17.0 Å². The number of hydrogen-bond acceptors (Lipinski definition) is 3. The molecule has 1 aromatic rings. The average Bonchev–Trinajstić information content (AvgIpc) is 2.30. The summed E-state index contributed by atoms with van der Waals surface area (Å²) in [4.78, 5) is 0. The molecule has 2 rings (SSSR count). The van der Waals surface area contributed by atoms with Gasteiger partial charge in [0.1, 0.15) is 0 Å². The Morgan fingerprint density at radius 2 is 1.76 bits per heavy atom. The van der Waals surface area contributed by atoms with Crippen molar-refractivity contribution in [3.05, 3.63) is 23.2 Å². The van der Waals surface area contributed by atoms with E-state index in [0.29, 0.717) is 16.8 Å². The molecule has 1 fully saturated rings. The molecule has 0 aromatic heterocycles. The van der Waals surface area contributed by atoms with Gasteiger partial charge in [-0.25, -0.2) is 8.42 Å². The standard InChI is InChI=1S/C15H23ClN2O2S/c1-10-6-11(2)8-13(7-10)17-12-4-5-15(14(16)9-12)18-21(3,19)20/h4-5,9-11,13,17-18H,6-8H2,1-3H3. The van der Waals surface area contributed by atoms with Gasteiger partial charge >= 0.3 is 0 Å². The van der Waals surface area contributed by atoms with Gasteiger partial charge in [0, 0.05) is 11.7 Å². The fourth-order valence-electron chi connectivity index (χ4n) is 3.19. The third kappa shape index (κ3) is 5.08. The molecule has 0 heterocycles. The molecule has 1 aliphatic rings. The van der Waals surface area contributed by atoms with Crippen molar-refractivity contribution in [3.63, 3.8) is 0 Å². The van der Waals surface area contributed by atoms with Gasteiger partial charge in [-0.1, -0.05) is 25.4 Å². The molecule has 6 heteroatoms. The van der Waals surface area contributed by atoms with Crippen LogP contribution in [0.2, 0.25) is 5.02 Å². The van der Waals surface area contributed by atoms with E-state index in [1.807, 2.05) is 6.07 Å². The minimum Gasteiger partial charge on any atom is -0.382 e. The molecule has 1 aromatic carbocycles. The Morgan fingerprint density at radius 3 is 2.29 bits per heavy atom. The molecular formula is C15H23ClN2O2S. The number of anilines is 2. The number of sulfonamides is 1. The van der Waals surface area contributed by atoms with Gasteiger partial charge < -0.3 is 5.32 Å². The van der Waals surface area contributed by atoms with E-state index in [4.69, 9.17) is 11.6 Å². The molecule has 21 heavy (non-hydrogen) atoms. The van der Waals surface area contributed by atoms with Crippen molar-refractivity contribution in [3.8, 4) is 0 Å². The Bertz CT molecular complexity index is 594. The molecule has 0 amide bonds. The largest absolute Gasteiger partial charge is 0.382 e. The second-order valence-corrected chi connectivity index (χ2v) is 8.48. The lowest BCUT2D eigenvalue weighted by Crippen LogP contribution is -2.30. The highest BCUT2D eigenvalue weighted by atomic mass is 35.5. The van der Waals surface area contributed by atoms with Crippen molar-refractivity contribution >= 4 is 33.0 Å². The highest BCUT2D eigenvalue weighted by Crippen LogP contribution is 2.32. The van der Waals surface area contributed by atoms with E-state index < -0.39 is 10.0 Å². The number of halogens is 1. The van der Waals surface area contributed by atoms with Gasteiger partial charge in [0.25, 0.3) is 0 Å². The van der Waals surface area contributed by atoms with Crippen LogP contribution in [0.3, 0.4) is 0 Å². The molecular weight excluding hydrogens is 308 g/mol. The van der Waals surface area contributed by atoms with Gasteiger partial charge in [-0.15, -0.1) is 0 Å². The number of rotatable bonds is 4. The van der Waals surface area contributed by atoms with Crippen LogP contribution in [-0.2, 0) is 10.0 Å². The van der Waals surface area contributed by atoms with Crippen molar-refractivity contribution in [1.82, 2.24) is 0 Å². The Morgan fingerprint density at radius 1 is 1.14 bits per heavy atom. The first-order chi connectivity index (χ1) is 9.73. The van der Waals surface area contributed by atoms with Crippen LogP contribution < -0.4 is 10.0 Å². The average molecular weight is 331 g/mol. The molecule has 1 saturated carbocycles. The Balaban J connectivity index is 2.06. The molecule has 1 aliphatic carbocycles. The van der Waals surface area contributed by atoms with E-state index in [1.54, 1.807) is 12.1 Å². The topological polar surface area (TPSA) is 58.2 Å². The fourth-order valence-corrected chi connectivity index (χ4v) is 4.05. The van der Waals surface area contributed by atoms with Gasteiger partial charge in [0.2, 0.25) is 10.0 Å². The molecule has 0 saturated heterocycles. The third-order valence-electron chi connectivity index (χ3n) is 3.81. The quantitative estimate of drug-likeness (QED) is 0.878. The molecule has 0 bridgehead atoms. The number of benzene rings is 1. The summed E-state index contributed by atoms with van der Waals surface area (Å²) in [5.41, 5.74) is 1.35. The minimum atomic E-state index is -3.31. The maximum atomic E-state index is 11.2. The first-order valence-electron chi connectivity index (χ1n) is 7.27. The molecule has 0 spiro atoms. The Kier molecular flexibility index (Phi) is 5.04. The normalized spacial score (nSPS) is 26.4. The van der Waals surface area contributed by atoms with Crippen LogP contribution in [-0.4, -0.2) is 20.7 Å². The SMILES string of the molecule is CC1CC(C)CC(Nc2ccc(NS(C)(=O)=O)c(Cl)c2)C1. The van der Waals surface area contributed by atoms with E-state index in [9.17, 15) is 8.42 Å². The van der Waals surface area contributed by atoms with E-state index in [2.05, 4.69) is 23.9 Å². The van der Waals surface area contributed by atoms with Crippen LogP contribution in [0.1, 0.15) is 33.1 Å². The van der Waals surface area contributed by atoms with Crippen LogP contribution in [0.5, 0.6) is 0 Å². The monoisotopic (exact) mass is 330 g/mol. The van der Waals surface area contributed by atoms with Crippen LogP contribution >= 0.6 is 11.6 Å². The van der Waals surface area contributed by atoms with Crippen molar-refractivity contribution in [2.45, 2.75) is 39.2 Å². The smallest absolute Gasteiger partial charge is 0.229 e. The van der Waals surface area contributed by atoms with Crippen molar-refractivity contribution in [2.75, 3.05) is 16.3 Å². The lowest BCUT2D eigenvalue weighted by molar-refractivity contribution is 0.281. The van der Waals surface area contributed by atoms with Gasteiger partial charge in [-0.2, -0.15) is 0 Å². The van der Waals surface area contributed by atoms with Crippen molar-refractivity contribution in [1.29, 1.82) is 0 Å². The fraction of sp³-hybridized carbons (Fsp3) is 0.600. The summed E-state index contributed by atoms with van der Waals surface area (Å²) in [6.45, 7) is 4.58. The second kappa shape index (κ2) is 6.44. The van der Waals surface area contributed by atoms with E-state index in [0.717, 1.165) is 36.6 Å². The minimum absolute atomic E-state index is 0.405. The van der Waals surface area contributed by atoms with E-state index >= 15 is 0 Å². The molecule has 2 unspecified atom stereocenters. The van der Waals surface area contributed by atoms with Crippen LogP contribution in [0.4, 0.5) is 11.4 Å². The van der Waals surface area contributed by atoms with Gasteiger partial charge in [-0.05, 0) is 49.3 Å². The van der Waals surface area contributed by atoms with Crippen molar-refractivity contribution < 1.29 is 8.42 Å². The van der Waals surface area contributed by atoms with Gasteiger partial charge in [0.15, 0.2) is 0 Å². The maximum absolute atomic E-state index is 11.2. The first kappa shape index (κ1) is 16.4. The van der Waals surface area contributed by atoms with E-state index in [-0.39, 0.29) is 0 Å². The third-order valence-corrected chi connectivity index (χ3v) is 4.72. The predicted molar refractivity (Wildman–Crippen MR) is 89.5 cm³/mol. The molecule has 4 nitrogen and oxygen atoms in total. The molecule has 118 valence electrons. The molecule has 0 aliphatic heterocycles. The summed E-state index contributed by atoms with van der Waals surface area (Å²) in [5, 5.41) is 3.92. The zero-order valence-electron chi connectivity index (χ0n) is 12.7. The molecule has 2 N–H and O–H groups in total. The highest BCUT2D eigenvalue weighted by molar-refractivity contribution is 7.92. The van der Waals surface area contributed by atoms with E-state index in [1.165, 1.54) is 6.42 Å². The predicted octanol–water partition coefficient (Wildman–Crippen LogP) is 3.95. The lowest BCUT2D eigenvalue weighted by Gasteiger charge is -2.32. The van der Waals surface area contributed by atoms with Crippen molar-refractivity contribution in [2.24, 2.45) is 11.8 Å². The zero-order valence-corrected chi connectivity index (χ0v) is 14.3. The second-order valence-electron chi connectivity index (χ2n) is 6.33. The summed E-state index contributed by atoms with van der Waals surface area (Å²) in [5.74, 6) is 1.46.